The number of amides is 5. The standard InChI is InChI=1S/C10H12O3.C8H14N4O7.C8H8O3/c1-2-7-13-10(12)8-3-5-9(11)6-4-8;13-1-8(11(3-15)6(18)9-2-14)5(17)10-7(19)12(8)4-16;1-11-8(10)6-2-4-7(9)5-3-6/h3-6,11H,2,7H2,1H3;13-16H,1-4H2,(H,9,18)(H,10,17,19);2-5,9H,1H3. The molecule has 1 atom stereocenters. The van der Waals surface area contributed by atoms with Crippen molar-refractivity contribution in [3.8, 4) is 11.5 Å². The number of aliphatic hydroxyl groups is 4. The van der Waals surface area contributed by atoms with Gasteiger partial charge in [-0.1, -0.05) is 6.92 Å². The summed E-state index contributed by atoms with van der Waals surface area (Å²) in [6.45, 7) is -1.48. The van der Waals surface area contributed by atoms with Gasteiger partial charge in [0.2, 0.25) is 5.66 Å². The van der Waals surface area contributed by atoms with Gasteiger partial charge >= 0.3 is 24.0 Å². The minimum atomic E-state index is -2.28. The van der Waals surface area contributed by atoms with Crippen LogP contribution < -0.4 is 10.6 Å². The van der Waals surface area contributed by atoms with Crippen molar-refractivity contribution in [2.45, 2.75) is 19.0 Å². The average Bonchev–Trinajstić information content (AvgIpc) is 3.25. The van der Waals surface area contributed by atoms with Crippen molar-refractivity contribution >= 4 is 29.9 Å². The van der Waals surface area contributed by atoms with Crippen LogP contribution in [-0.4, -0.2) is 117 Å². The zero-order valence-electron chi connectivity index (χ0n) is 23.3. The normalized spacial score (nSPS) is 15.2. The van der Waals surface area contributed by atoms with Crippen LogP contribution in [0.4, 0.5) is 9.59 Å². The number of phenols is 2. The second-order valence-electron chi connectivity index (χ2n) is 8.23. The number of hydrogen-bond donors (Lipinski definition) is 8. The number of aliphatic hydroxyl groups excluding tert-OH is 4. The molecule has 17 heteroatoms. The first-order chi connectivity index (χ1) is 20.5. The summed E-state index contributed by atoms with van der Waals surface area (Å²) in [5, 5.41) is 57.7. The summed E-state index contributed by atoms with van der Waals surface area (Å²) in [5.41, 5.74) is -1.38. The number of aromatic hydroxyl groups is 2. The number of benzene rings is 2. The van der Waals surface area contributed by atoms with E-state index in [2.05, 4.69) is 4.74 Å². The van der Waals surface area contributed by atoms with Crippen LogP contribution in [0.2, 0.25) is 0 Å². The topological polar surface area (TPSA) is 256 Å². The fourth-order valence-electron chi connectivity index (χ4n) is 3.35. The molecule has 1 aliphatic rings. The lowest BCUT2D eigenvalue weighted by Gasteiger charge is -2.40. The maximum Gasteiger partial charge on any atom is 0.338 e. The van der Waals surface area contributed by atoms with E-state index in [0.29, 0.717) is 27.5 Å². The van der Waals surface area contributed by atoms with E-state index in [1.807, 2.05) is 12.2 Å². The van der Waals surface area contributed by atoms with Crippen LogP contribution in [0.25, 0.3) is 0 Å². The van der Waals surface area contributed by atoms with Gasteiger partial charge < -0.3 is 45.4 Å². The predicted octanol–water partition coefficient (Wildman–Crippen LogP) is -0.774. The predicted molar refractivity (Wildman–Crippen MR) is 145 cm³/mol. The summed E-state index contributed by atoms with van der Waals surface area (Å²) >= 11 is 0. The number of carbonyl (C=O) groups excluding carboxylic acids is 5. The molecule has 8 N–H and O–H groups in total. The van der Waals surface area contributed by atoms with Crippen molar-refractivity contribution in [3.05, 3.63) is 59.7 Å². The van der Waals surface area contributed by atoms with E-state index in [-0.39, 0.29) is 17.5 Å². The lowest BCUT2D eigenvalue weighted by atomic mass is 10.1. The molecule has 43 heavy (non-hydrogen) atoms. The Bertz CT molecular complexity index is 1220. The molecule has 1 unspecified atom stereocenters. The number of esters is 2. The van der Waals surface area contributed by atoms with Crippen molar-refractivity contribution in [2.24, 2.45) is 0 Å². The van der Waals surface area contributed by atoms with Crippen LogP contribution in [0, 0.1) is 0 Å². The fraction of sp³-hybridized carbons (Fsp3) is 0.346. The Kier molecular flexibility index (Phi) is 14.9. The van der Waals surface area contributed by atoms with Crippen molar-refractivity contribution in [1.82, 2.24) is 20.4 Å². The van der Waals surface area contributed by atoms with Gasteiger partial charge in [0.25, 0.3) is 5.91 Å². The maximum absolute atomic E-state index is 11.8. The summed E-state index contributed by atoms with van der Waals surface area (Å²) in [7, 11) is 1.31. The minimum absolute atomic E-state index is 0.137. The summed E-state index contributed by atoms with van der Waals surface area (Å²) in [4.78, 5) is 57.7. The summed E-state index contributed by atoms with van der Waals surface area (Å²) in [5.74, 6) is -1.55. The molecule has 0 bridgehead atoms. The highest BCUT2D eigenvalue weighted by molar-refractivity contribution is 6.08. The first-order valence-corrected chi connectivity index (χ1v) is 12.4. The summed E-state index contributed by atoms with van der Waals surface area (Å²) in [6, 6.07) is 9.73. The molecule has 1 fully saturated rings. The molecule has 2 aromatic rings. The first kappa shape index (κ1) is 36.1. The van der Waals surface area contributed by atoms with E-state index in [0.717, 1.165) is 6.42 Å². The number of hydrogen-bond acceptors (Lipinski definition) is 13. The van der Waals surface area contributed by atoms with E-state index in [9.17, 15) is 29.1 Å². The van der Waals surface area contributed by atoms with E-state index >= 15 is 0 Å². The van der Waals surface area contributed by atoms with Gasteiger partial charge in [-0.15, -0.1) is 0 Å². The first-order valence-electron chi connectivity index (χ1n) is 12.4. The summed E-state index contributed by atoms with van der Waals surface area (Å²) < 4.78 is 9.35. The van der Waals surface area contributed by atoms with Crippen LogP contribution in [-0.2, 0) is 14.3 Å². The van der Waals surface area contributed by atoms with Gasteiger partial charge in [0.1, 0.15) is 31.7 Å². The Morgan fingerprint density at radius 1 is 0.907 bits per heavy atom. The molecule has 0 aromatic heterocycles. The Morgan fingerprint density at radius 3 is 1.81 bits per heavy atom. The zero-order valence-corrected chi connectivity index (χ0v) is 23.3. The monoisotopic (exact) mass is 610 g/mol. The number of phenolic OH excluding ortho intramolecular Hbond substituents is 2. The molecule has 3 rings (SSSR count). The van der Waals surface area contributed by atoms with E-state index < -0.39 is 56.4 Å². The molecule has 2 aromatic carbocycles. The van der Waals surface area contributed by atoms with Crippen LogP contribution in [0.1, 0.15) is 34.1 Å². The number of imide groups is 1. The average molecular weight is 611 g/mol. The molecule has 0 aliphatic carbocycles. The second-order valence-corrected chi connectivity index (χ2v) is 8.23. The number of ether oxygens (including phenoxy) is 2. The molecule has 17 nitrogen and oxygen atoms in total. The smallest absolute Gasteiger partial charge is 0.338 e. The highest BCUT2D eigenvalue weighted by atomic mass is 16.5. The molecular weight excluding hydrogens is 576 g/mol. The Balaban J connectivity index is 0.000000337. The fourth-order valence-corrected chi connectivity index (χ4v) is 3.35. The van der Waals surface area contributed by atoms with Crippen LogP contribution in [0.15, 0.2) is 48.5 Å². The largest absolute Gasteiger partial charge is 0.508 e. The van der Waals surface area contributed by atoms with E-state index in [4.69, 9.17) is 30.3 Å². The molecule has 5 amide bonds. The van der Waals surface area contributed by atoms with Crippen LogP contribution >= 0.6 is 0 Å². The third kappa shape index (κ3) is 9.54. The molecule has 1 saturated heterocycles. The van der Waals surface area contributed by atoms with Crippen molar-refractivity contribution in [1.29, 1.82) is 0 Å². The molecule has 1 aliphatic heterocycles. The van der Waals surface area contributed by atoms with Crippen molar-refractivity contribution in [2.75, 3.05) is 40.5 Å². The van der Waals surface area contributed by atoms with E-state index in [1.54, 1.807) is 5.32 Å². The number of nitrogens with one attached hydrogen (secondary N) is 2. The quantitative estimate of drug-likeness (QED) is 0.0987. The number of urea groups is 2. The molecule has 1 heterocycles. The van der Waals surface area contributed by atoms with Gasteiger partial charge in [0.05, 0.1) is 31.5 Å². The van der Waals surface area contributed by atoms with Crippen LogP contribution in [0.5, 0.6) is 11.5 Å². The van der Waals surface area contributed by atoms with Crippen molar-refractivity contribution < 1.29 is 64.1 Å². The SMILES string of the molecule is CCCOC(=O)c1ccc(O)cc1.COC(=O)c1ccc(O)cc1.O=C(NCO)N(CO)C1(CO)C(=O)NC(=O)N1CO. The van der Waals surface area contributed by atoms with Gasteiger partial charge in [-0.3, -0.25) is 19.9 Å². The third-order valence-electron chi connectivity index (χ3n) is 5.53. The van der Waals surface area contributed by atoms with Gasteiger partial charge in [-0.2, -0.15) is 0 Å². The Morgan fingerprint density at radius 2 is 1.42 bits per heavy atom. The second kappa shape index (κ2) is 17.8. The highest BCUT2D eigenvalue weighted by Crippen LogP contribution is 2.25. The number of carbonyl (C=O) groups is 5. The minimum Gasteiger partial charge on any atom is -0.508 e. The number of methoxy groups -OCH3 is 1. The van der Waals surface area contributed by atoms with Gasteiger partial charge in [0.15, 0.2) is 0 Å². The van der Waals surface area contributed by atoms with Gasteiger partial charge in [-0.05, 0) is 55.0 Å². The van der Waals surface area contributed by atoms with Crippen LogP contribution in [0.3, 0.4) is 0 Å². The highest BCUT2D eigenvalue weighted by Gasteiger charge is 2.58. The summed E-state index contributed by atoms with van der Waals surface area (Å²) in [6.07, 6.45) is 0.809. The lowest BCUT2D eigenvalue weighted by Crippen LogP contribution is -2.68. The van der Waals surface area contributed by atoms with Crippen molar-refractivity contribution in [3.63, 3.8) is 0 Å². The molecule has 0 radical (unpaired) electrons. The number of nitrogens with zero attached hydrogens (tertiary/aromatic N) is 2. The molecular formula is C26H34N4O13. The Hall–Kier alpha value is -4.97. The molecule has 0 spiro atoms. The zero-order chi connectivity index (χ0) is 32.6. The third-order valence-corrected chi connectivity index (χ3v) is 5.53. The Labute approximate surface area is 245 Å². The number of rotatable bonds is 9. The van der Waals surface area contributed by atoms with Gasteiger partial charge in [0, 0.05) is 0 Å². The molecule has 236 valence electrons. The van der Waals surface area contributed by atoms with Gasteiger partial charge in [-0.25, -0.2) is 19.2 Å². The molecule has 0 saturated carbocycles. The maximum atomic E-state index is 11.8. The lowest BCUT2D eigenvalue weighted by molar-refractivity contribution is -0.147. The van der Waals surface area contributed by atoms with E-state index in [1.165, 1.54) is 55.6 Å².